The molecule has 1 saturated heterocycles. The SMILES string of the molecule is COc1cc(-c2noc(CC3CCN(S(C)(=O)=O)CC3)n2)ccn1. The Kier molecular flexibility index (Phi) is 4.81. The predicted octanol–water partition coefficient (Wildman–Crippen LogP) is 1.35. The molecular weight excluding hydrogens is 332 g/mol. The summed E-state index contributed by atoms with van der Waals surface area (Å²) in [5.74, 6) is 1.91. The number of aromatic nitrogens is 3. The molecule has 130 valence electrons. The summed E-state index contributed by atoms with van der Waals surface area (Å²) in [4.78, 5) is 8.47. The summed E-state index contributed by atoms with van der Waals surface area (Å²) in [6.45, 7) is 1.10. The zero-order chi connectivity index (χ0) is 17.2. The summed E-state index contributed by atoms with van der Waals surface area (Å²) in [7, 11) is -1.54. The second-order valence-corrected chi connectivity index (χ2v) is 7.89. The van der Waals surface area contributed by atoms with Gasteiger partial charge in [-0.25, -0.2) is 17.7 Å². The van der Waals surface area contributed by atoms with Crippen molar-refractivity contribution in [3.05, 3.63) is 24.2 Å². The first-order valence-electron chi connectivity index (χ1n) is 7.74. The minimum absolute atomic E-state index is 0.350. The van der Waals surface area contributed by atoms with Crippen LogP contribution in [-0.2, 0) is 16.4 Å². The molecule has 0 unspecified atom stereocenters. The summed E-state index contributed by atoms with van der Waals surface area (Å²) >= 11 is 0. The van der Waals surface area contributed by atoms with Crippen molar-refractivity contribution < 1.29 is 17.7 Å². The summed E-state index contributed by atoms with van der Waals surface area (Å²) in [6.07, 6.45) is 5.14. The van der Waals surface area contributed by atoms with Crippen molar-refractivity contribution in [2.75, 3.05) is 26.5 Å². The maximum absolute atomic E-state index is 11.5. The lowest BCUT2D eigenvalue weighted by Crippen LogP contribution is -2.38. The molecule has 2 aromatic heterocycles. The normalized spacial score (nSPS) is 17.1. The Morgan fingerprint density at radius 2 is 2.12 bits per heavy atom. The summed E-state index contributed by atoms with van der Waals surface area (Å²) < 4.78 is 35.0. The van der Waals surface area contributed by atoms with Gasteiger partial charge in [0, 0.05) is 37.3 Å². The van der Waals surface area contributed by atoms with Gasteiger partial charge in [0.2, 0.25) is 27.6 Å². The van der Waals surface area contributed by atoms with Gasteiger partial charge in [-0.1, -0.05) is 5.16 Å². The molecule has 9 heteroatoms. The molecule has 3 rings (SSSR count). The fraction of sp³-hybridized carbons (Fsp3) is 0.533. The molecule has 1 aliphatic rings. The van der Waals surface area contributed by atoms with Crippen LogP contribution in [0.1, 0.15) is 18.7 Å². The van der Waals surface area contributed by atoms with Gasteiger partial charge in [0.25, 0.3) is 0 Å². The number of piperidine rings is 1. The number of methoxy groups -OCH3 is 1. The quantitative estimate of drug-likeness (QED) is 0.801. The first-order chi connectivity index (χ1) is 11.5. The molecule has 8 nitrogen and oxygen atoms in total. The summed E-state index contributed by atoms with van der Waals surface area (Å²) in [6, 6.07) is 3.54. The molecule has 0 aromatic carbocycles. The second-order valence-electron chi connectivity index (χ2n) is 5.91. The van der Waals surface area contributed by atoms with Crippen LogP contribution in [-0.4, -0.2) is 54.3 Å². The zero-order valence-electron chi connectivity index (χ0n) is 13.7. The number of sulfonamides is 1. The topological polar surface area (TPSA) is 98.4 Å². The van der Waals surface area contributed by atoms with Crippen molar-refractivity contribution >= 4 is 10.0 Å². The third-order valence-corrected chi connectivity index (χ3v) is 5.48. The van der Waals surface area contributed by atoms with Crippen molar-refractivity contribution in [2.24, 2.45) is 5.92 Å². The minimum atomic E-state index is -3.10. The van der Waals surface area contributed by atoms with Gasteiger partial charge in [0.05, 0.1) is 13.4 Å². The van der Waals surface area contributed by atoms with E-state index in [1.54, 1.807) is 25.4 Å². The molecule has 1 fully saturated rings. The van der Waals surface area contributed by atoms with E-state index in [1.807, 2.05) is 0 Å². The second kappa shape index (κ2) is 6.86. The molecule has 0 aliphatic carbocycles. The summed E-state index contributed by atoms with van der Waals surface area (Å²) in [5.41, 5.74) is 0.781. The van der Waals surface area contributed by atoms with E-state index in [1.165, 1.54) is 10.6 Å². The Balaban J connectivity index is 1.63. The highest BCUT2D eigenvalue weighted by Crippen LogP contribution is 2.24. The number of hydrogen-bond donors (Lipinski definition) is 0. The Bertz CT molecular complexity index is 797. The van der Waals surface area contributed by atoms with Crippen LogP contribution < -0.4 is 4.74 Å². The van der Waals surface area contributed by atoms with Gasteiger partial charge in [0.1, 0.15) is 0 Å². The molecule has 2 aromatic rings. The highest BCUT2D eigenvalue weighted by atomic mass is 32.2. The lowest BCUT2D eigenvalue weighted by atomic mass is 9.95. The number of pyridine rings is 1. The summed E-state index contributed by atoms with van der Waals surface area (Å²) in [5, 5.41) is 4.01. The lowest BCUT2D eigenvalue weighted by molar-refractivity contribution is 0.255. The van der Waals surface area contributed by atoms with Crippen LogP contribution in [0.5, 0.6) is 5.88 Å². The van der Waals surface area contributed by atoms with Gasteiger partial charge in [-0.15, -0.1) is 0 Å². The van der Waals surface area contributed by atoms with E-state index in [0.717, 1.165) is 18.4 Å². The third kappa shape index (κ3) is 3.90. The van der Waals surface area contributed by atoms with Crippen LogP contribution in [0.25, 0.3) is 11.4 Å². The van der Waals surface area contributed by atoms with Crippen molar-refractivity contribution in [1.82, 2.24) is 19.4 Å². The number of rotatable bonds is 5. The largest absolute Gasteiger partial charge is 0.481 e. The molecule has 0 saturated carbocycles. The fourth-order valence-corrected chi connectivity index (χ4v) is 3.68. The maximum atomic E-state index is 11.5. The molecule has 0 amide bonds. The third-order valence-electron chi connectivity index (χ3n) is 4.18. The molecule has 0 spiro atoms. The Hall–Kier alpha value is -2.00. The molecule has 24 heavy (non-hydrogen) atoms. The van der Waals surface area contributed by atoms with E-state index in [0.29, 0.717) is 43.0 Å². The monoisotopic (exact) mass is 352 g/mol. The van der Waals surface area contributed by atoms with E-state index in [4.69, 9.17) is 9.26 Å². The fourth-order valence-electron chi connectivity index (χ4n) is 2.81. The molecule has 1 aliphatic heterocycles. The van der Waals surface area contributed by atoms with Crippen molar-refractivity contribution in [3.63, 3.8) is 0 Å². The molecule has 0 bridgehead atoms. The average Bonchev–Trinajstić information content (AvgIpc) is 3.03. The average molecular weight is 352 g/mol. The van der Waals surface area contributed by atoms with E-state index in [2.05, 4.69) is 15.1 Å². The number of ether oxygens (including phenoxy) is 1. The molecule has 3 heterocycles. The van der Waals surface area contributed by atoms with Crippen molar-refractivity contribution in [1.29, 1.82) is 0 Å². The van der Waals surface area contributed by atoms with Gasteiger partial charge in [-0.2, -0.15) is 4.98 Å². The Labute approximate surface area is 140 Å². The highest BCUT2D eigenvalue weighted by molar-refractivity contribution is 7.88. The van der Waals surface area contributed by atoms with Crippen molar-refractivity contribution in [2.45, 2.75) is 19.3 Å². The number of hydrogen-bond acceptors (Lipinski definition) is 7. The Morgan fingerprint density at radius 3 is 2.79 bits per heavy atom. The smallest absolute Gasteiger partial charge is 0.227 e. The van der Waals surface area contributed by atoms with Crippen LogP contribution in [0.4, 0.5) is 0 Å². The van der Waals surface area contributed by atoms with Crippen LogP contribution in [0, 0.1) is 5.92 Å². The van der Waals surface area contributed by atoms with E-state index < -0.39 is 10.0 Å². The van der Waals surface area contributed by atoms with Crippen LogP contribution in [0.2, 0.25) is 0 Å². The van der Waals surface area contributed by atoms with Gasteiger partial charge >= 0.3 is 0 Å². The predicted molar refractivity (Wildman–Crippen MR) is 86.9 cm³/mol. The van der Waals surface area contributed by atoms with Gasteiger partial charge < -0.3 is 9.26 Å². The van der Waals surface area contributed by atoms with E-state index >= 15 is 0 Å². The van der Waals surface area contributed by atoms with Crippen LogP contribution in [0.3, 0.4) is 0 Å². The maximum Gasteiger partial charge on any atom is 0.227 e. The minimum Gasteiger partial charge on any atom is -0.481 e. The number of nitrogens with zero attached hydrogens (tertiary/aromatic N) is 4. The van der Waals surface area contributed by atoms with Gasteiger partial charge in [-0.05, 0) is 24.8 Å². The van der Waals surface area contributed by atoms with E-state index in [9.17, 15) is 8.42 Å². The lowest BCUT2D eigenvalue weighted by Gasteiger charge is -2.29. The molecule has 0 N–H and O–H groups in total. The van der Waals surface area contributed by atoms with Crippen LogP contribution in [0.15, 0.2) is 22.9 Å². The first-order valence-corrected chi connectivity index (χ1v) is 9.58. The van der Waals surface area contributed by atoms with Crippen molar-refractivity contribution in [3.8, 4) is 17.3 Å². The van der Waals surface area contributed by atoms with Gasteiger partial charge in [0.15, 0.2) is 0 Å². The standard InChI is InChI=1S/C15H20N4O4S/c1-22-13-10-12(3-6-16-13)15-17-14(23-18-15)9-11-4-7-19(8-5-11)24(2,20)21/h3,6,10-11H,4-5,7-9H2,1-2H3. The molecule has 0 radical (unpaired) electrons. The highest BCUT2D eigenvalue weighted by Gasteiger charge is 2.26. The molecule has 0 atom stereocenters. The zero-order valence-corrected chi connectivity index (χ0v) is 14.5. The Morgan fingerprint density at radius 1 is 1.38 bits per heavy atom. The van der Waals surface area contributed by atoms with Gasteiger partial charge in [-0.3, -0.25) is 0 Å². The molecular formula is C15H20N4O4S. The van der Waals surface area contributed by atoms with E-state index in [-0.39, 0.29) is 0 Å². The first kappa shape index (κ1) is 16.8. The van der Waals surface area contributed by atoms with Crippen LogP contribution >= 0.6 is 0 Å².